The molecule has 0 bridgehead atoms. The number of hydrogen-bond donors (Lipinski definition) is 1. The van der Waals surface area contributed by atoms with Crippen molar-refractivity contribution in [1.29, 1.82) is 0 Å². The van der Waals surface area contributed by atoms with E-state index in [1.54, 1.807) is 0 Å². The Morgan fingerprint density at radius 2 is 2.04 bits per heavy atom. The molecule has 1 N–H and O–H groups in total. The van der Waals surface area contributed by atoms with Crippen LogP contribution in [0.1, 0.15) is 18.9 Å². The van der Waals surface area contributed by atoms with Crippen LogP contribution < -0.4 is 4.90 Å². The van der Waals surface area contributed by atoms with Gasteiger partial charge in [0.15, 0.2) is 0 Å². The Labute approximate surface area is 140 Å². The van der Waals surface area contributed by atoms with Gasteiger partial charge in [-0.15, -0.1) is 0 Å². The van der Waals surface area contributed by atoms with E-state index < -0.39 is 17.8 Å². The second-order valence-corrected chi connectivity index (χ2v) is 5.86. The van der Waals surface area contributed by atoms with Crippen LogP contribution in [0, 0.1) is 0 Å². The van der Waals surface area contributed by atoms with Crippen molar-refractivity contribution in [2.75, 3.05) is 50.8 Å². The summed E-state index contributed by atoms with van der Waals surface area (Å²) in [6.45, 7) is 6.27. The summed E-state index contributed by atoms with van der Waals surface area (Å²) in [5, 5.41) is 9.91. The minimum atomic E-state index is -4.36. The van der Waals surface area contributed by atoms with Gasteiger partial charge in [-0.25, -0.2) is 4.98 Å². The molecule has 0 spiro atoms. The lowest BCUT2D eigenvalue weighted by molar-refractivity contribution is -0.137. The van der Waals surface area contributed by atoms with Gasteiger partial charge in [0.25, 0.3) is 0 Å². The molecule has 1 atom stereocenters. The smallest absolute Gasteiger partial charge is 0.389 e. The Balaban J connectivity index is 1.88. The highest BCUT2D eigenvalue weighted by molar-refractivity contribution is 5.40. The first-order chi connectivity index (χ1) is 11.4. The summed E-state index contributed by atoms with van der Waals surface area (Å²) in [5.41, 5.74) is -0.734. The van der Waals surface area contributed by atoms with Crippen LogP contribution in [0.15, 0.2) is 18.3 Å². The Morgan fingerprint density at radius 1 is 1.25 bits per heavy atom. The third kappa shape index (κ3) is 5.61. The highest BCUT2D eigenvalue weighted by atomic mass is 19.4. The standard InChI is InChI=1S/C16H24F3N3O2/c1-2-24-12-14(23)11-21-6-3-7-22(9-8-21)15-5-4-13(10-20-15)16(17,18)19/h4-5,10,14,23H,2-3,6-9,11-12H2,1H3. The van der Waals surface area contributed by atoms with Gasteiger partial charge < -0.3 is 14.7 Å². The van der Waals surface area contributed by atoms with Gasteiger partial charge in [0.2, 0.25) is 0 Å². The lowest BCUT2D eigenvalue weighted by Crippen LogP contribution is -2.37. The monoisotopic (exact) mass is 347 g/mol. The number of rotatable bonds is 6. The summed E-state index contributed by atoms with van der Waals surface area (Å²) >= 11 is 0. The summed E-state index contributed by atoms with van der Waals surface area (Å²) in [4.78, 5) is 8.08. The number of halogens is 3. The van der Waals surface area contributed by atoms with Gasteiger partial charge >= 0.3 is 6.18 Å². The van der Waals surface area contributed by atoms with E-state index in [-0.39, 0.29) is 0 Å². The van der Waals surface area contributed by atoms with Crippen molar-refractivity contribution in [2.45, 2.75) is 25.6 Å². The topological polar surface area (TPSA) is 48.8 Å². The number of nitrogens with zero attached hydrogens (tertiary/aromatic N) is 3. The van der Waals surface area contributed by atoms with E-state index >= 15 is 0 Å². The van der Waals surface area contributed by atoms with Crippen LogP contribution in [-0.4, -0.2) is 67.0 Å². The minimum absolute atomic E-state index is 0.317. The molecular weight excluding hydrogens is 323 g/mol. The van der Waals surface area contributed by atoms with Gasteiger partial charge in [-0.1, -0.05) is 0 Å². The third-order valence-electron chi connectivity index (χ3n) is 3.97. The second kappa shape index (κ2) is 8.64. The average Bonchev–Trinajstić information content (AvgIpc) is 2.78. The Morgan fingerprint density at radius 3 is 2.67 bits per heavy atom. The molecule has 0 radical (unpaired) electrons. The number of aromatic nitrogens is 1. The molecule has 0 amide bonds. The first-order valence-corrected chi connectivity index (χ1v) is 8.16. The maximum absolute atomic E-state index is 12.6. The van der Waals surface area contributed by atoms with Gasteiger partial charge in [-0.3, -0.25) is 4.90 Å². The molecule has 1 aromatic rings. The number of β-amino-alcohol motifs (C(OH)–C–C–N with tert-alkyl or cyclic N) is 1. The normalized spacial score (nSPS) is 18.5. The maximum atomic E-state index is 12.6. The molecular formula is C16H24F3N3O2. The fourth-order valence-corrected chi connectivity index (χ4v) is 2.73. The first-order valence-electron chi connectivity index (χ1n) is 8.16. The van der Waals surface area contributed by atoms with Crippen LogP contribution in [-0.2, 0) is 10.9 Å². The van der Waals surface area contributed by atoms with E-state index in [2.05, 4.69) is 9.88 Å². The Kier molecular flexibility index (Phi) is 6.82. The SMILES string of the molecule is CCOCC(O)CN1CCCN(c2ccc(C(F)(F)F)cn2)CC1. The number of alkyl halides is 3. The largest absolute Gasteiger partial charge is 0.417 e. The van der Waals surface area contributed by atoms with Gasteiger partial charge in [0.05, 0.1) is 18.3 Å². The van der Waals surface area contributed by atoms with Gasteiger partial charge in [-0.05, 0) is 32.0 Å². The third-order valence-corrected chi connectivity index (χ3v) is 3.97. The van der Waals surface area contributed by atoms with Crippen molar-refractivity contribution in [3.8, 4) is 0 Å². The highest BCUT2D eigenvalue weighted by Crippen LogP contribution is 2.29. The summed E-state index contributed by atoms with van der Waals surface area (Å²) < 4.78 is 43.0. The number of ether oxygens (including phenoxy) is 1. The van der Waals surface area contributed by atoms with Crippen molar-refractivity contribution in [1.82, 2.24) is 9.88 Å². The van der Waals surface area contributed by atoms with Gasteiger partial charge in [-0.2, -0.15) is 13.2 Å². The van der Waals surface area contributed by atoms with Crippen LogP contribution in [0.4, 0.5) is 19.0 Å². The molecule has 1 aromatic heterocycles. The van der Waals surface area contributed by atoms with E-state index in [0.29, 0.717) is 32.1 Å². The van der Waals surface area contributed by atoms with E-state index in [4.69, 9.17) is 4.74 Å². The predicted molar refractivity (Wildman–Crippen MR) is 85.0 cm³/mol. The lowest BCUT2D eigenvalue weighted by Gasteiger charge is -2.24. The summed E-state index contributed by atoms with van der Waals surface area (Å²) in [6.07, 6.45) is -3.15. The zero-order valence-corrected chi connectivity index (χ0v) is 13.8. The van der Waals surface area contributed by atoms with Crippen LogP contribution >= 0.6 is 0 Å². The quantitative estimate of drug-likeness (QED) is 0.853. The van der Waals surface area contributed by atoms with E-state index in [9.17, 15) is 18.3 Å². The Bertz CT molecular complexity index is 496. The molecule has 24 heavy (non-hydrogen) atoms. The molecule has 5 nitrogen and oxygen atoms in total. The van der Waals surface area contributed by atoms with Crippen molar-refractivity contribution in [2.24, 2.45) is 0 Å². The zero-order chi connectivity index (χ0) is 17.6. The molecule has 1 saturated heterocycles. The number of aliphatic hydroxyl groups is 1. The fourth-order valence-electron chi connectivity index (χ4n) is 2.73. The molecule has 1 fully saturated rings. The first kappa shape index (κ1) is 19.0. The fraction of sp³-hybridized carbons (Fsp3) is 0.688. The highest BCUT2D eigenvalue weighted by Gasteiger charge is 2.31. The molecule has 0 aliphatic carbocycles. The summed E-state index contributed by atoms with van der Waals surface area (Å²) in [7, 11) is 0. The zero-order valence-electron chi connectivity index (χ0n) is 13.8. The minimum Gasteiger partial charge on any atom is -0.389 e. The van der Waals surface area contributed by atoms with Crippen molar-refractivity contribution >= 4 is 5.82 Å². The van der Waals surface area contributed by atoms with Crippen LogP contribution in [0.5, 0.6) is 0 Å². The van der Waals surface area contributed by atoms with E-state index in [1.807, 2.05) is 11.8 Å². The van der Waals surface area contributed by atoms with E-state index in [0.717, 1.165) is 38.3 Å². The van der Waals surface area contributed by atoms with Crippen LogP contribution in [0.3, 0.4) is 0 Å². The number of hydrogen-bond acceptors (Lipinski definition) is 5. The molecule has 0 saturated carbocycles. The summed E-state index contributed by atoms with van der Waals surface area (Å²) in [6, 6.07) is 2.49. The van der Waals surface area contributed by atoms with Gasteiger partial charge in [0, 0.05) is 39.0 Å². The molecule has 1 unspecified atom stereocenters. The van der Waals surface area contributed by atoms with E-state index in [1.165, 1.54) is 6.07 Å². The molecule has 8 heteroatoms. The van der Waals surface area contributed by atoms with Crippen molar-refractivity contribution < 1.29 is 23.0 Å². The molecule has 1 aliphatic heterocycles. The Hall–Kier alpha value is -1.38. The lowest BCUT2D eigenvalue weighted by atomic mass is 10.2. The molecule has 2 heterocycles. The number of aliphatic hydroxyl groups excluding tert-OH is 1. The van der Waals surface area contributed by atoms with Crippen LogP contribution in [0.25, 0.3) is 0 Å². The molecule has 136 valence electrons. The second-order valence-electron chi connectivity index (χ2n) is 5.86. The van der Waals surface area contributed by atoms with Crippen molar-refractivity contribution in [3.05, 3.63) is 23.9 Å². The molecule has 1 aliphatic rings. The maximum Gasteiger partial charge on any atom is 0.417 e. The molecule has 2 rings (SSSR count). The van der Waals surface area contributed by atoms with Crippen LogP contribution in [0.2, 0.25) is 0 Å². The number of pyridine rings is 1. The van der Waals surface area contributed by atoms with Gasteiger partial charge in [0.1, 0.15) is 5.82 Å². The van der Waals surface area contributed by atoms with Crippen molar-refractivity contribution in [3.63, 3.8) is 0 Å². The number of anilines is 1. The predicted octanol–water partition coefficient (Wildman–Crippen LogP) is 2.01. The average molecular weight is 347 g/mol. The summed E-state index contributed by atoms with van der Waals surface area (Å²) in [5.74, 6) is 0.555. The molecule has 0 aromatic carbocycles.